The first-order valence-electron chi connectivity index (χ1n) is 6.19. The Morgan fingerprint density at radius 3 is 2.80 bits per heavy atom. The van der Waals surface area contributed by atoms with Gasteiger partial charge in [0.2, 0.25) is 0 Å². The molecule has 0 aliphatic rings. The summed E-state index contributed by atoms with van der Waals surface area (Å²) in [5, 5.41) is 2.03. The highest BCUT2D eigenvalue weighted by Crippen LogP contribution is 2.27. The molecule has 20 heavy (non-hydrogen) atoms. The molecule has 3 N–H and O–H groups in total. The summed E-state index contributed by atoms with van der Waals surface area (Å²) >= 11 is 0. The molecule has 4 nitrogen and oxygen atoms in total. The van der Waals surface area contributed by atoms with Crippen LogP contribution in [-0.2, 0) is 0 Å². The zero-order valence-corrected chi connectivity index (χ0v) is 10.6. The Morgan fingerprint density at radius 2 is 2.00 bits per heavy atom. The van der Waals surface area contributed by atoms with E-state index in [4.69, 9.17) is 5.84 Å². The molecule has 3 aromatic rings. The maximum atomic E-state index is 13.4. The van der Waals surface area contributed by atoms with E-state index in [-0.39, 0.29) is 11.9 Å². The van der Waals surface area contributed by atoms with Crippen LogP contribution in [0.5, 0.6) is 0 Å². The van der Waals surface area contributed by atoms with Gasteiger partial charge in [-0.3, -0.25) is 15.8 Å². The second-order valence-corrected chi connectivity index (χ2v) is 4.48. The third-order valence-corrected chi connectivity index (χ3v) is 3.25. The van der Waals surface area contributed by atoms with Gasteiger partial charge in [0, 0.05) is 24.0 Å². The molecule has 1 atom stereocenters. The highest BCUT2D eigenvalue weighted by Gasteiger charge is 2.16. The minimum absolute atomic E-state index is 0.342. The number of pyridine rings is 2. The topological polar surface area (TPSA) is 63.8 Å². The van der Waals surface area contributed by atoms with Gasteiger partial charge in [0.15, 0.2) is 0 Å². The van der Waals surface area contributed by atoms with Crippen molar-refractivity contribution in [3.63, 3.8) is 0 Å². The van der Waals surface area contributed by atoms with Crippen LogP contribution < -0.4 is 11.3 Å². The fourth-order valence-corrected chi connectivity index (χ4v) is 2.34. The average Bonchev–Trinajstić information content (AvgIpc) is 2.48. The molecule has 0 spiro atoms. The predicted molar refractivity (Wildman–Crippen MR) is 75.1 cm³/mol. The molecule has 0 aliphatic heterocycles. The minimum atomic E-state index is -0.388. The molecular weight excluding hydrogens is 255 g/mol. The van der Waals surface area contributed by atoms with Crippen LogP contribution in [0.3, 0.4) is 0 Å². The van der Waals surface area contributed by atoms with Crippen LogP contribution in [0.1, 0.15) is 17.2 Å². The van der Waals surface area contributed by atoms with Gasteiger partial charge in [-0.15, -0.1) is 0 Å². The van der Waals surface area contributed by atoms with E-state index in [1.54, 1.807) is 18.6 Å². The first kappa shape index (κ1) is 12.7. The Hall–Kier alpha value is -2.37. The number of nitrogens with two attached hydrogens (primary N) is 1. The maximum Gasteiger partial charge on any atom is 0.141 e. The molecule has 0 amide bonds. The number of fused-ring (bicyclic) bond motifs is 1. The number of halogens is 1. The Kier molecular flexibility index (Phi) is 3.37. The largest absolute Gasteiger partial charge is 0.271 e. The van der Waals surface area contributed by atoms with E-state index in [9.17, 15) is 4.39 Å². The minimum Gasteiger partial charge on any atom is -0.271 e. The standard InChI is InChI=1S/C15H13FN4/c16-12-6-11(7-19-8-12)15(20-17)13-3-1-2-10-4-5-18-9-14(10)13/h1-9,15,20H,17H2. The molecule has 0 saturated heterocycles. The van der Waals surface area contributed by atoms with E-state index in [0.717, 1.165) is 16.3 Å². The van der Waals surface area contributed by atoms with Crippen molar-refractivity contribution >= 4 is 10.8 Å². The lowest BCUT2D eigenvalue weighted by Gasteiger charge is -2.18. The van der Waals surface area contributed by atoms with Gasteiger partial charge in [0.05, 0.1) is 12.2 Å². The summed E-state index contributed by atoms with van der Waals surface area (Å²) < 4.78 is 13.4. The molecule has 0 aliphatic carbocycles. The molecule has 1 unspecified atom stereocenters. The van der Waals surface area contributed by atoms with Gasteiger partial charge < -0.3 is 0 Å². The number of nitrogens with one attached hydrogen (secondary N) is 1. The molecular formula is C15H13FN4. The highest BCUT2D eigenvalue weighted by atomic mass is 19.1. The summed E-state index contributed by atoms with van der Waals surface area (Å²) in [6.07, 6.45) is 6.28. The zero-order chi connectivity index (χ0) is 13.9. The second kappa shape index (κ2) is 5.32. The fraction of sp³-hybridized carbons (Fsp3) is 0.0667. The Balaban J connectivity index is 2.17. The van der Waals surface area contributed by atoms with Crippen molar-refractivity contribution in [2.45, 2.75) is 6.04 Å². The van der Waals surface area contributed by atoms with E-state index in [0.29, 0.717) is 5.56 Å². The third kappa shape index (κ3) is 2.24. The van der Waals surface area contributed by atoms with Crippen LogP contribution in [0.25, 0.3) is 10.8 Å². The van der Waals surface area contributed by atoms with Gasteiger partial charge in [0.1, 0.15) is 5.82 Å². The van der Waals surface area contributed by atoms with Gasteiger partial charge in [-0.25, -0.2) is 9.82 Å². The smallest absolute Gasteiger partial charge is 0.141 e. The van der Waals surface area contributed by atoms with Crippen molar-refractivity contribution < 1.29 is 4.39 Å². The Morgan fingerprint density at radius 1 is 1.10 bits per heavy atom. The summed E-state index contributed by atoms with van der Waals surface area (Å²) in [6.45, 7) is 0. The molecule has 2 aromatic heterocycles. The zero-order valence-electron chi connectivity index (χ0n) is 10.6. The lowest BCUT2D eigenvalue weighted by molar-refractivity contribution is 0.599. The maximum absolute atomic E-state index is 13.4. The van der Waals surface area contributed by atoms with Gasteiger partial charge in [-0.2, -0.15) is 0 Å². The molecule has 0 bridgehead atoms. The van der Waals surface area contributed by atoms with Gasteiger partial charge in [-0.1, -0.05) is 18.2 Å². The van der Waals surface area contributed by atoms with E-state index in [1.807, 2.05) is 24.3 Å². The second-order valence-electron chi connectivity index (χ2n) is 4.48. The number of aromatic nitrogens is 2. The summed E-state index contributed by atoms with van der Waals surface area (Å²) in [7, 11) is 0. The molecule has 2 heterocycles. The molecule has 0 fully saturated rings. The molecule has 1 aromatic carbocycles. The van der Waals surface area contributed by atoms with E-state index < -0.39 is 0 Å². The van der Waals surface area contributed by atoms with Gasteiger partial charge in [0.25, 0.3) is 0 Å². The summed E-state index contributed by atoms with van der Waals surface area (Å²) in [5.41, 5.74) is 4.33. The number of hydrogen-bond acceptors (Lipinski definition) is 4. The van der Waals surface area contributed by atoms with Crippen LogP contribution in [0.4, 0.5) is 4.39 Å². The fourth-order valence-electron chi connectivity index (χ4n) is 2.34. The van der Waals surface area contributed by atoms with Gasteiger partial charge >= 0.3 is 0 Å². The predicted octanol–water partition coefficient (Wildman–Crippen LogP) is 2.32. The summed E-state index contributed by atoms with van der Waals surface area (Å²) in [6, 6.07) is 8.89. The van der Waals surface area contributed by atoms with E-state index in [1.165, 1.54) is 12.3 Å². The SMILES string of the molecule is NNC(c1cncc(F)c1)c1cccc2ccncc12. The number of hydrogen-bond donors (Lipinski definition) is 2. The average molecular weight is 268 g/mol. The van der Waals surface area contributed by atoms with Crippen LogP contribution in [0.2, 0.25) is 0 Å². The molecule has 100 valence electrons. The van der Waals surface area contributed by atoms with Crippen LogP contribution in [0.15, 0.2) is 55.1 Å². The monoisotopic (exact) mass is 268 g/mol. The highest BCUT2D eigenvalue weighted by molar-refractivity contribution is 5.85. The molecule has 5 heteroatoms. The third-order valence-electron chi connectivity index (χ3n) is 3.25. The van der Waals surface area contributed by atoms with Crippen molar-refractivity contribution in [3.8, 4) is 0 Å². The number of hydrazine groups is 1. The van der Waals surface area contributed by atoms with E-state index >= 15 is 0 Å². The van der Waals surface area contributed by atoms with Crippen molar-refractivity contribution in [1.82, 2.24) is 15.4 Å². The number of rotatable bonds is 3. The number of benzene rings is 1. The van der Waals surface area contributed by atoms with Crippen molar-refractivity contribution in [3.05, 3.63) is 72.1 Å². The summed E-state index contributed by atoms with van der Waals surface area (Å²) in [4.78, 5) is 8.02. The molecule has 0 saturated carbocycles. The first-order valence-corrected chi connectivity index (χ1v) is 6.19. The summed E-state index contributed by atoms with van der Waals surface area (Å²) in [5.74, 6) is 5.27. The van der Waals surface area contributed by atoms with Crippen molar-refractivity contribution in [1.29, 1.82) is 0 Å². The molecule has 0 radical (unpaired) electrons. The van der Waals surface area contributed by atoms with Crippen LogP contribution >= 0.6 is 0 Å². The first-order chi connectivity index (χ1) is 9.79. The van der Waals surface area contributed by atoms with Crippen LogP contribution in [0, 0.1) is 5.82 Å². The van der Waals surface area contributed by atoms with Crippen LogP contribution in [-0.4, -0.2) is 9.97 Å². The number of nitrogens with zero attached hydrogens (tertiary/aromatic N) is 2. The van der Waals surface area contributed by atoms with Crippen molar-refractivity contribution in [2.24, 2.45) is 5.84 Å². The van der Waals surface area contributed by atoms with Crippen molar-refractivity contribution in [2.75, 3.05) is 0 Å². The quantitative estimate of drug-likeness (QED) is 0.565. The van der Waals surface area contributed by atoms with Gasteiger partial charge in [-0.05, 0) is 28.6 Å². The Labute approximate surface area is 115 Å². The lowest BCUT2D eigenvalue weighted by Crippen LogP contribution is -2.29. The normalized spacial score (nSPS) is 12.5. The van der Waals surface area contributed by atoms with E-state index in [2.05, 4.69) is 15.4 Å². The molecule has 3 rings (SSSR count). The Bertz CT molecular complexity index is 739. The lowest BCUT2D eigenvalue weighted by atomic mass is 9.96.